The molecular weight excluding hydrogens is 330 g/mol. The van der Waals surface area contributed by atoms with Gasteiger partial charge in [0.1, 0.15) is 5.69 Å². The quantitative estimate of drug-likeness (QED) is 0.824. The van der Waals surface area contributed by atoms with Crippen LogP contribution in [0.1, 0.15) is 20.8 Å². The molecule has 2 aliphatic rings. The van der Waals surface area contributed by atoms with E-state index in [4.69, 9.17) is 9.47 Å². The van der Waals surface area contributed by atoms with E-state index in [1.807, 2.05) is 0 Å². The minimum atomic E-state index is -0.0774. The highest BCUT2D eigenvalue weighted by atomic mass is 32.1. The van der Waals surface area contributed by atoms with Crippen LogP contribution >= 0.6 is 11.3 Å². The number of fused-ring (bicyclic) bond motifs is 1. The van der Waals surface area contributed by atoms with Gasteiger partial charge >= 0.3 is 0 Å². The first-order chi connectivity index (χ1) is 11.7. The lowest BCUT2D eigenvalue weighted by molar-refractivity contribution is 0.0532. The molecular formula is C16H15N3O4S. The lowest BCUT2D eigenvalue weighted by Crippen LogP contribution is -2.50. The van der Waals surface area contributed by atoms with Gasteiger partial charge in [0.15, 0.2) is 11.5 Å². The highest BCUT2D eigenvalue weighted by Gasteiger charge is 2.27. The van der Waals surface area contributed by atoms with Crippen LogP contribution in [0.15, 0.2) is 29.1 Å². The van der Waals surface area contributed by atoms with Crippen LogP contribution in [0.3, 0.4) is 0 Å². The van der Waals surface area contributed by atoms with Crippen LogP contribution in [0.4, 0.5) is 0 Å². The number of carbonyl (C=O) groups is 2. The van der Waals surface area contributed by atoms with Crippen molar-refractivity contribution >= 4 is 23.2 Å². The first-order valence-corrected chi connectivity index (χ1v) is 8.53. The summed E-state index contributed by atoms with van der Waals surface area (Å²) in [4.78, 5) is 32.4. The zero-order valence-electron chi connectivity index (χ0n) is 12.8. The number of rotatable bonds is 2. The number of aromatic nitrogens is 1. The third-order valence-electron chi connectivity index (χ3n) is 4.13. The van der Waals surface area contributed by atoms with Crippen LogP contribution in [0.2, 0.25) is 0 Å². The molecule has 0 saturated carbocycles. The van der Waals surface area contributed by atoms with Gasteiger partial charge in [-0.2, -0.15) is 0 Å². The minimum Gasteiger partial charge on any atom is -0.454 e. The van der Waals surface area contributed by atoms with E-state index in [1.165, 1.54) is 11.3 Å². The molecule has 3 heterocycles. The van der Waals surface area contributed by atoms with E-state index >= 15 is 0 Å². The van der Waals surface area contributed by atoms with Gasteiger partial charge in [-0.25, -0.2) is 4.98 Å². The van der Waals surface area contributed by atoms with Gasteiger partial charge in [0.05, 0.1) is 5.51 Å². The molecule has 8 heteroatoms. The fourth-order valence-corrected chi connectivity index (χ4v) is 3.33. The van der Waals surface area contributed by atoms with E-state index in [1.54, 1.807) is 38.9 Å². The molecule has 0 N–H and O–H groups in total. The molecule has 4 rings (SSSR count). The van der Waals surface area contributed by atoms with Crippen molar-refractivity contribution in [3.05, 3.63) is 40.3 Å². The second-order valence-corrected chi connectivity index (χ2v) is 6.24. The van der Waals surface area contributed by atoms with Crippen molar-refractivity contribution in [1.82, 2.24) is 14.8 Å². The highest BCUT2D eigenvalue weighted by Crippen LogP contribution is 2.32. The van der Waals surface area contributed by atoms with Gasteiger partial charge in [-0.15, -0.1) is 11.3 Å². The van der Waals surface area contributed by atoms with E-state index in [9.17, 15) is 9.59 Å². The van der Waals surface area contributed by atoms with Crippen LogP contribution < -0.4 is 9.47 Å². The summed E-state index contributed by atoms with van der Waals surface area (Å²) in [7, 11) is 0. The zero-order valence-corrected chi connectivity index (χ0v) is 13.6. The summed E-state index contributed by atoms with van der Waals surface area (Å²) >= 11 is 1.40. The van der Waals surface area contributed by atoms with Gasteiger partial charge in [-0.3, -0.25) is 9.59 Å². The number of nitrogens with zero attached hydrogens (tertiary/aromatic N) is 3. The summed E-state index contributed by atoms with van der Waals surface area (Å²) in [6.45, 7) is 2.20. The number of thiazole rings is 1. The molecule has 1 saturated heterocycles. The number of hydrogen-bond donors (Lipinski definition) is 0. The maximum atomic E-state index is 12.6. The predicted molar refractivity (Wildman–Crippen MR) is 86.5 cm³/mol. The molecule has 0 spiro atoms. The van der Waals surface area contributed by atoms with Crippen molar-refractivity contribution in [3.8, 4) is 11.5 Å². The largest absolute Gasteiger partial charge is 0.454 e. The Morgan fingerprint density at radius 2 is 1.71 bits per heavy atom. The maximum absolute atomic E-state index is 12.6. The molecule has 2 aromatic rings. The van der Waals surface area contributed by atoms with Crippen molar-refractivity contribution in [2.45, 2.75) is 0 Å². The molecule has 2 amide bonds. The molecule has 2 aliphatic heterocycles. The Morgan fingerprint density at radius 1 is 1.00 bits per heavy atom. The number of benzene rings is 1. The van der Waals surface area contributed by atoms with Gasteiger partial charge in [0.25, 0.3) is 11.8 Å². The summed E-state index contributed by atoms with van der Waals surface area (Å²) in [5, 5.41) is 1.74. The first-order valence-electron chi connectivity index (χ1n) is 7.59. The number of ether oxygens (including phenoxy) is 2. The Morgan fingerprint density at radius 3 is 2.42 bits per heavy atom. The predicted octanol–water partition coefficient (Wildman–Crippen LogP) is 1.47. The molecule has 0 aliphatic carbocycles. The molecule has 0 atom stereocenters. The van der Waals surface area contributed by atoms with Crippen LogP contribution in [-0.4, -0.2) is 59.6 Å². The number of carbonyl (C=O) groups excluding carboxylic acids is 2. The van der Waals surface area contributed by atoms with Crippen LogP contribution in [0, 0.1) is 0 Å². The van der Waals surface area contributed by atoms with Crippen molar-refractivity contribution in [2.75, 3.05) is 33.0 Å². The maximum Gasteiger partial charge on any atom is 0.273 e. The van der Waals surface area contributed by atoms with Gasteiger partial charge in [0.2, 0.25) is 6.79 Å². The molecule has 1 fully saturated rings. The van der Waals surface area contributed by atoms with E-state index in [-0.39, 0.29) is 18.6 Å². The second-order valence-electron chi connectivity index (χ2n) is 5.53. The van der Waals surface area contributed by atoms with Gasteiger partial charge in [0, 0.05) is 37.1 Å². The molecule has 0 unspecified atom stereocenters. The summed E-state index contributed by atoms with van der Waals surface area (Å²) in [6, 6.07) is 5.19. The average molecular weight is 345 g/mol. The monoisotopic (exact) mass is 345 g/mol. The summed E-state index contributed by atoms with van der Waals surface area (Å²) < 4.78 is 10.6. The number of hydrogen-bond acceptors (Lipinski definition) is 6. The molecule has 1 aromatic heterocycles. The average Bonchev–Trinajstić information content (AvgIpc) is 3.31. The van der Waals surface area contributed by atoms with Crippen LogP contribution in [0.5, 0.6) is 11.5 Å². The SMILES string of the molecule is O=C(c1ccc2c(c1)OCO2)N1CCN(C(=O)c2cscn2)CC1. The normalized spacial score (nSPS) is 16.3. The van der Waals surface area contributed by atoms with Crippen molar-refractivity contribution in [2.24, 2.45) is 0 Å². The van der Waals surface area contributed by atoms with Crippen molar-refractivity contribution in [1.29, 1.82) is 0 Å². The van der Waals surface area contributed by atoms with Gasteiger partial charge in [-0.1, -0.05) is 0 Å². The fourth-order valence-electron chi connectivity index (χ4n) is 2.80. The fraction of sp³-hybridized carbons (Fsp3) is 0.312. The zero-order chi connectivity index (χ0) is 16.5. The van der Waals surface area contributed by atoms with E-state index in [0.29, 0.717) is 48.9 Å². The lowest BCUT2D eigenvalue weighted by Gasteiger charge is -2.34. The molecule has 24 heavy (non-hydrogen) atoms. The topological polar surface area (TPSA) is 72.0 Å². The highest BCUT2D eigenvalue weighted by molar-refractivity contribution is 7.07. The Labute approximate surface area is 142 Å². The van der Waals surface area contributed by atoms with E-state index in [2.05, 4.69) is 4.98 Å². The Balaban J connectivity index is 1.40. The van der Waals surface area contributed by atoms with Crippen molar-refractivity contribution < 1.29 is 19.1 Å². The summed E-state index contributed by atoms with van der Waals surface area (Å²) in [5.41, 5.74) is 2.68. The Kier molecular flexibility index (Phi) is 3.81. The number of amides is 2. The molecule has 0 radical (unpaired) electrons. The molecule has 0 bridgehead atoms. The van der Waals surface area contributed by atoms with Crippen LogP contribution in [0.25, 0.3) is 0 Å². The molecule has 7 nitrogen and oxygen atoms in total. The number of piperazine rings is 1. The smallest absolute Gasteiger partial charge is 0.273 e. The van der Waals surface area contributed by atoms with E-state index < -0.39 is 0 Å². The molecule has 124 valence electrons. The third-order valence-corrected chi connectivity index (χ3v) is 4.71. The lowest BCUT2D eigenvalue weighted by atomic mass is 10.1. The van der Waals surface area contributed by atoms with Gasteiger partial charge in [-0.05, 0) is 18.2 Å². The minimum absolute atomic E-state index is 0.0611. The standard InChI is InChI=1S/C16H15N3O4S/c20-15(11-1-2-13-14(7-11)23-10-22-13)18-3-5-19(6-4-18)16(21)12-8-24-9-17-12/h1-2,7-9H,3-6,10H2. The van der Waals surface area contributed by atoms with Crippen molar-refractivity contribution in [3.63, 3.8) is 0 Å². The third kappa shape index (κ3) is 2.69. The molecule has 1 aromatic carbocycles. The van der Waals surface area contributed by atoms with E-state index in [0.717, 1.165) is 0 Å². The van der Waals surface area contributed by atoms with Crippen LogP contribution in [-0.2, 0) is 0 Å². The first kappa shape index (κ1) is 14.9. The Hall–Kier alpha value is -2.61. The summed E-state index contributed by atoms with van der Waals surface area (Å²) in [6.07, 6.45) is 0. The second kappa shape index (κ2) is 6.12. The van der Waals surface area contributed by atoms with Gasteiger partial charge < -0.3 is 19.3 Å². The Bertz CT molecular complexity index is 770. The summed E-state index contributed by atoms with van der Waals surface area (Å²) in [5.74, 6) is 1.11.